The summed E-state index contributed by atoms with van der Waals surface area (Å²) in [7, 11) is 6.02. The van der Waals surface area contributed by atoms with Crippen LogP contribution in [-0.4, -0.2) is 53.5 Å². The second-order valence-corrected chi connectivity index (χ2v) is 6.13. The first-order valence-electron chi connectivity index (χ1n) is 6.26. The largest absolute Gasteiger partial charge is 0.345 e. The number of likely N-dealkylation sites (N-methyl/N-ethyl adjacent to an activating group) is 1. The van der Waals surface area contributed by atoms with Crippen LogP contribution in [0.3, 0.4) is 0 Å². The van der Waals surface area contributed by atoms with E-state index in [2.05, 4.69) is 34.9 Å². The molecule has 1 aromatic rings. The molecule has 1 saturated heterocycles. The second kappa shape index (κ2) is 5.45. The lowest BCUT2D eigenvalue weighted by Gasteiger charge is -2.27. The first kappa shape index (κ1) is 13.6. The van der Waals surface area contributed by atoms with E-state index in [0.717, 1.165) is 36.1 Å². The molecular formula is C13H20BrN3O. The van der Waals surface area contributed by atoms with Gasteiger partial charge >= 0.3 is 0 Å². The van der Waals surface area contributed by atoms with Gasteiger partial charge in [0.1, 0.15) is 5.69 Å². The van der Waals surface area contributed by atoms with Crippen molar-refractivity contribution in [1.82, 2.24) is 14.4 Å². The standard InChI is InChI=1S/C13H20BrN3O/c1-15(2)9-11-5-4-6-17(11)13(18)12-7-10(14)8-16(12)3/h7-8,11H,4-6,9H2,1-3H3. The predicted molar refractivity (Wildman–Crippen MR) is 75.7 cm³/mol. The van der Waals surface area contributed by atoms with Crippen LogP contribution in [0.2, 0.25) is 0 Å². The molecule has 0 aromatic carbocycles. The van der Waals surface area contributed by atoms with Crippen LogP contribution in [0.15, 0.2) is 16.7 Å². The van der Waals surface area contributed by atoms with E-state index in [-0.39, 0.29) is 5.91 Å². The average molecular weight is 314 g/mol. The van der Waals surface area contributed by atoms with Gasteiger partial charge in [-0.15, -0.1) is 0 Å². The van der Waals surface area contributed by atoms with Gasteiger partial charge in [-0.1, -0.05) is 0 Å². The number of halogens is 1. The van der Waals surface area contributed by atoms with Crippen LogP contribution in [-0.2, 0) is 7.05 Å². The van der Waals surface area contributed by atoms with Gasteiger partial charge in [0, 0.05) is 36.8 Å². The van der Waals surface area contributed by atoms with Crippen molar-refractivity contribution < 1.29 is 4.79 Å². The lowest BCUT2D eigenvalue weighted by atomic mass is 10.2. The number of likely N-dealkylation sites (tertiary alicyclic amines) is 1. The summed E-state index contributed by atoms with van der Waals surface area (Å²) in [5, 5.41) is 0. The molecule has 0 N–H and O–H groups in total. The zero-order valence-electron chi connectivity index (χ0n) is 11.2. The van der Waals surface area contributed by atoms with E-state index in [4.69, 9.17) is 0 Å². The van der Waals surface area contributed by atoms with Crippen LogP contribution in [0.25, 0.3) is 0 Å². The van der Waals surface area contributed by atoms with Crippen molar-refractivity contribution >= 4 is 21.8 Å². The molecular weight excluding hydrogens is 294 g/mol. The number of carbonyl (C=O) groups is 1. The fourth-order valence-corrected chi connectivity index (χ4v) is 3.12. The molecule has 2 heterocycles. The third-order valence-corrected chi connectivity index (χ3v) is 3.84. The summed E-state index contributed by atoms with van der Waals surface area (Å²) in [5.41, 5.74) is 0.757. The molecule has 4 nitrogen and oxygen atoms in total. The molecule has 1 atom stereocenters. The minimum Gasteiger partial charge on any atom is -0.345 e. The van der Waals surface area contributed by atoms with Gasteiger partial charge in [-0.05, 0) is 48.9 Å². The Morgan fingerprint density at radius 2 is 2.28 bits per heavy atom. The van der Waals surface area contributed by atoms with E-state index in [1.165, 1.54) is 0 Å². The molecule has 18 heavy (non-hydrogen) atoms. The third-order valence-electron chi connectivity index (χ3n) is 3.40. The summed E-state index contributed by atoms with van der Waals surface area (Å²) >= 11 is 3.42. The molecule has 0 spiro atoms. The number of aromatic nitrogens is 1. The van der Waals surface area contributed by atoms with Crippen molar-refractivity contribution in [2.45, 2.75) is 18.9 Å². The first-order chi connectivity index (χ1) is 8.49. The van der Waals surface area contributed by atoms with Gasteiger partial charge in [0.15, 0.2) is 0 Å². The topological polar surface area (TPSA) is 28.5 Å². The lowest BCUT2D eigenvalue weighted by molar-refractivity contribution is 0.0707. The summed E-state index contributed by atoms with van der Waals surface area (Å²) in [6, 6.07) is 2.24. The number of carbonyl (C=O) groups excluding carboxylic acids is 1. The van der Waals surface area contributed by atoms with Crippen molar-refractivity contribution in [3.05, 3.63) is 22.4 Å². The smallest absolute Gasteiger partial charge is 0.270 e. The minimum absolute atomic E-state index is 0.146. The van der Waals surface area contributed by atoms with E-state index in [1.54, 1.807) is 0 Å². The highest BCUT2D eigenvalue weighted by Gasteiger charge is 2.30. The highest BCUT2D eigenvalue weighted by atomic mass is 79.9. The number of amides is 1. The summed E-state index contributed by atoms with van der Waals surface area (Å²) in [6.07, 6.45) is 4.13. The van der Waals surface area contributed by atoms with Crippen LogP contribution >= 0.6 is 15.9 Å². The maximum Gasteiger partial charge on any atom is 0.270 e. The molecule has 0 saturated carbocycles. The van der Waals surface area contributed by atoms with Gasteiger partial charge in [-0.2, -0.15) is 0 Å². The maximum absolute atomic E-state index is 12.5. The molecule has 0 bridgehead atoms. The van der Waals surface area contributed by atoms with Gasteiger partial charge in [0.05, 0.1) is 0 Å². The SMILES string of the molecule is CN(C)CC1CCCN1C(=O)c1cc(Br)cn1C. The quantitative estimate of drug-likeness (QED) is 0.853. The summed E-state index contributed by atoms with van der Waals surface area (Å²) in [4.78, 5) is 16.7. The van der Waals surface area contributed by atoms with Crippen molar-refractivity contribution in [3.63, 3.8) is 0 Å². The zero-order valence-corrected chi connectivity index (χ0v) is 12.8. The molecule has 1 unspecified atom stereocenters. The normalized spacial score (nSPS) is 19.8. The molecule has 2 rings (SSSR count). The number of hydrogen-bond acceptors (Lipinski definition) is 2. The first-order valence-corrected chi connectivity index (χ1v) is 7.06. The van der Waals surface area contributed by atoms with Crippen molar-refractivity contribution in [2.24, 2.45) is 7.05 Å². The summed E-state index contributed by atoms with van der Waals surface area (Å²) < 4.78 is 2.84. The average Bonchev–Trinajstić information content (AvgIpc) is 2.83. The third kappa shape index (κ3) is 2.78. The molecule has 1 fully saturated rings. The Morgan fingerprint density at radius 1 is 1.56 bits per heavy atom. The zero-order chi connectivity index (χ0) is 13.3. The molecule has 0 radical (unpaired) electrons. The minimum atomic E-state index is 0.146. The highest BCUT2D eigenvalue weighted by molar-refractivity contribution is 9.10. The van der Waals surface area contributed by atoms with Crippen LogP contribution in [0.5, 0.6) is 0 Å². The maximum atomic E-state index is 12.5. The molecule has 0 aliphatic carbocycles. The Bertz CT molecular complexity index is 441. The van der Waals surface area contributed by atoms with Crippen LogP contribution in [0.1, 0.15) is 23.3 Å². The Balaban J connectivity index is 2.15. The number of aryl methyl sites for hydroxylation is 1. The predicted octanol–water partition coefficient (Wildman–Crippen LogP) is 1.95. The Kier molecular flexibility index (Phi) is 4.12. The van der Waals surface area contributed by atoms with Gasteiger partial charge in [0.25, 0.3) is 5.91 Å². The summed E-state index contributed by atoms with van der Waals surface area (Å²) in [5.74, 6) is 0.146. The molecule has 1 aliphatic rings. The van der Waals surface area contributed by atoms with E-state index < -0.39 is 0 Å². The Hall–Kier alpha value is -0.810. The van der Waals surface area contributed by atoms with E-state index >= 15 is 0 Å². The van der Waals surface area contributed by atoms with Crippen LogP contribution in [0.4, 0.5) is 0 Å². The number of rotatable bonds is 3. The van der Waals surface area contributed by atoms with Crippen molar-refractivity contribution in [2.75, 3.05) is 27.2 Å². The number of hydrogen-bond donors (Lipinski definition) is 0. The molecule has 1 aromatic heterocycles. The molecule has 1 amide bonds. The number of nitrogens with zero attached hydrogens (tertiary/aromatic N) is 3. The monoisotopic (exact) mass is 313 g/mol. The second-order valence-electron chi connectivity index (χ2n) is 5.21. The fourth-order valence-electron chi connectivity index (χ4n) is 2.60. The van der Waals surface area contributed by atoms with Crippen molar-refractivity contribution in [1.29, 1.82) is 0 Å². The van der Waals surface area contributed by atoms with E-state index in [1.807, 2.05) is 28.8 Å². The Labute approximate surface area is 117 Å². The molecule has 100 valence electrons. The van der Waals surface area contributed by atoms with Gasteiger partial charge in [0.2, 0.25) is 0 Å². The van der Waals surface area contributed by atoms with Gasteiger partial charge < -0.3 is 14.4 Å². The summed E-state index contributed by atoms with van der Waals surface area (Å²) in [6.45, 7) is 1.82. The van der Waals surface area contributed by atoms with E-state index in [9.17, 15) is 4.79 Å². The fraction of sp³-hybridized carbons (Fsp3) is 0.615. The van der Waals surface area contributed by atoms with Crippen LogP contribution < -0.4 is 0 Å². The lowest BCUT2D eigenvalue weighted by Crippen LogP contribution is -2.41. The highest BCUT2D eigenvalue weighted by Crippen LogP contribution is 2.22. The van der Waals surface area contributed by atoms with Crippen molar-refractivity contribution in [3.8, 4) is 0 Å². The molecule has 1 aliphatic heterocycles. The van der Waals surface area contributed by atoms with Gasteiger partial charge in [-0.25, -0.2) is 0 Å². The van der Waals surface area contributed by atoms with Gasteiger partial charge in [-0.3, -0.25) is 4.79 Å². The van der Waals surface area contributed by atoms with E-state index in [0.29, 0.717) is 6.04 Å². The molecule has 5 heteroatoms. The Morgan fingerprint density at radius 3 is 2.83 bits per heavy atom. The van der Waals surface area contributed by atoms with Crippen LogP contribution in [0, 0.1) is 0 Å².